The van der Waals surface area contributed by atoms with Crippen molar-refractivity contribution in [3.05, 3.63) is 46.1 Å². The molecule has 0 saturated carbocycles. The van der Waals surface area contributed by atoms with Gasteiger partial charge in [0, 0.05) is 11.1 Å². The van der Waals surface area contributed by atoms with E-state index < -0.39 is 18.0 Å². The van der Waals surface area contributed by atoms with Crippen molar-refractivity contribution >= 4 is 64.3 Å². The number of fused-ring (bicyclic) bond motifs is 1. The maximum atomic E-state index is 12.4. The summed E-state index contributed by atoms with van der Waals surface area (Å²) in [5.74, 6) is -1.32. The van der Waals surface area contributed by atoms with Crippen LogP contribution in [0.5, 0.6) is 0 Å². The third-order valence-corrected chi connectivity index (χ3v) is 5.52. The normalized spacial score (nSPS) is 16.6. The van der Waals surface area contributed by atoms with Gasteiger partial charge in [-0.15, -0.1) is 11.8 Å². The van der Waals surface area contributed by atoms with Gasteiger partial charge in [0.05, 0.1) is 26.5 Å². The number of rotatable bonds is 4. The first kappa shape index (κ1) is 20.4. The van der Waals surface area contributed by atoms with Crippen LogP contribution in [0.3, 0.4) is 0 Å². The Hall–Kier alpha value is -2.29. The van der Waals surface area contributed by atoms with E-state index in [0.29, 0.717) is 10.7 Å². The van der Waals surface area contributed by atoms with Crippen molar-refractivity contribution in [2.75, 3.05) is 10.6 Å². The molecular formula is C18H15Cl2N3O4S. The zero-order valence-electron chi connectivity index (χ0n) is 14.8. The van der Waals surface area contributed by atoms with Gasteiger partial charge in [-0.25, -0.2) is 9.78 Å². The fraction of sp³-hybridized carbons (Fsp3) is 0.222. The first-order valence-corrected chi connectivity index (χ1v) is 9.82. The lowest BCUT2D eigenvalue weighted by Gasteiger charge is -2.21. The summed E-state index contributed by atoms with van der Waals surface area (Å²) in [6.07, 6.45) is 0.237. The van der Waals surface area contributed by atoms with Gasteiger partial charge in [0.25, 0.3) is 5.91 Å². The lowest BCUT2D eigenvalue weighted by molar-refractivity contribution is -0.123. The molecule has 28 heavy (non-hydrogen) atoms. The topological polar surface area (TPSA) is 97.4 Å². The molecule has 1 aliphatic rings. The van der Waals surface area contributed by atoms with Crippen LogP contribution in [0, 0.1) is 0 Å². The average Bonchev–Trinajstić information content (AvgIpc) is 2.64. The molecule has 0 spiro atoms. The van der Waals surface area contributed by atoms with Crippen molar-refractivity contribution in [1.82, 2.24) is 4.98 Å². The zero-order valence-corrected chi connectivity index (χ0v) is 17.1. The molecule has 2 N–H and O–H groups in total. The van der Waals surface area contributed by atoms with Crippen molar-refractivity contribution in [1.29, 1.82) is 0 Å². The largest absolute Gasteiger partial charge is 0.449 e. The molecule has 2 atom stereocenters. The smallest absolute Gasteiger partial charge is 0.338 e. The van der Waals surface area contributed by atoms with E-state index >= 15 is 0 Å². The molecule has 0 saturated heterocycles. The third kappa shape index (κ3) is 4.57. The Labute approximate surface area is 175 Å². The van der Waals surface area contributed by atoms with E-state index in [4.69, 9.17) is 27.9 Å². The maximum Gasteiger partial charge on any atom is 0.338 e. The minimum absolute atomic E-state index is 0.113. The molecule has 2 unspecified atom stereocenters. The Kier molecular flexibility index (Phi) is 6.12. The van der Waals surface area contributed by atoms with Crippen LogP contribution in [-0.2, 0) is 14.3 Å². The SMILES string of the molecule is CC(OC(=O)c1ccc2c(c1)NC(=O)C(C)S2)C(=O)Nc1ncc(Cl)cc1Cl. The Morgan fingerprint density at radius 3 is 2.79 bits per heavy atom. The summed E-state index contributed by atoms with van der Waals surface area (Å²) in [5.41, 5.74) is 0.758. The summed E-state index contributed by atoms with van der Waals surface area (Å²) in [6.45, 7) is 3.22. The van der Waals surface area contributed by atoms with Crippen LogP contribution in [0.25, 0.3) is 0 Å². The minimum Gasteiger partial charge on any atom is -0.449 e. The average molecular weight is 440 g/mol. The summed E-state index contributed by atoms with van der Waals surface area (Å²) < 4.78 is 5.21. The number of hydrogen-bond donors (Lipinski definition) is 2. The van der Waals surface area contributed by atoms with Gasteiger partial charge in [-0.2, -0.15) is 0 Å². The standard InChI is InChI=1S/C18H15Cl2N3O4S/c1-8(16(24)23-15-12(20)6-11(19)7-21-15)27-18(26)10-3-4-14-13(5-10)22-17(25)9(2)28-14/h3-9H,1-2H3,(H,22,25)(H,21,23,24). The number of pyridine rings is 1. The highest BCUT2D eigenvalue weighted by Gasteiger charge is 2.25. The second kappa shape index (κ2) is 8.38. The maximum absolute atomic E-state index is 12.4. The number of esters is 1. The van der Waals surface area contributed by atoms with Crippen LogP contribution >= 0.6 is 35.0 Å². The Morgan fingerprint density at radius 2 is 2.07 bits per heavy atom. The summed E-state index contributed by atoms with van der Waals surface area (Å²) >= 11 is 13.1. The van der Waals surface area contributed by atoms with Crippen molar-refractivity contribution in [2.45, 2.75) is 30.1 Å². The van der Waals surface area contributed by atoms with Crippen LogP contribution in [-0.4, -0.2) is 34.1 Å². The molecule has 0 fully saturated rings. The van der Waals surface area contributed by atoms with Crippen LogP contribution in [0.1, 0.15) is 24.2 Å². The quantitative estimate of drug-likeness (QED) is 0.698. The van der Waals surface area contributed by atoms with E-state index in [-0.39, 0.29) is 27.6 Å². The molecule has 2 aromatic rings. The van der Waals surface area contributed by atoms with Crippen molar-refractivity contribution in [3.8, 4) is 0 Å². The Balaban J connectivity index is 1.66. The van der Waals surface area contributed by atoms with E-state index in [1.807, 2.05) is 0 Å². The summed E-state index contributed by atoms with van der Waals surface area (Å²) in [7, 11) is 0. The van der Waals surface area contributed by atoms with Crippen LogP contribution in [0.15, 0.2) is 35.4 Å². The number of nitrogens with one attached hydrogen (secondary N) is 2. The highest BCUT2D eigenvalue weighted by atomic mass is 35.5. The number of aromatic nitrogens is 1. The molecule has 1 aromatic heterocycles. The molecule has 0 aliphatic carbocycles. The van der Waals surface area contributed by atoms with Gasteiger partial charge in [-0.1, -0.05) is 23.2 Å². The lowest BCUT2D eigenvalue weighted by Crippen LogP contribution is -2.30. The molecule has 3 rings (SSSR count). The number of carbonyl (C=O) groups excluding carboxylic acids is 3. The first-order chi connectivity index (χ1) is 13.2. The number of carbonyl (C=O) groups is 3. The van der Waals surface area contributed by atoms with Crippen molar-refractivity contribution in [3.63, 3.8) is 0 Å². The van der Waals surface area contributed by atoms with Gasteiger partial charge in [0.1, 0.15) is 0 Å². The first-order valence-electron chi connectivity index (χ1n) is 8.19. The fourth-order valence-electron chi connectivity index (χ4n) is 2.34. The second-order valence-electron chi connectivity index (χ2n) is 5.98. The summed E-state index contributed by atoms with van der Waals surface area (Å²) in [4.78, 5) is 41.2. The number of hydrogen-bond acceptors (Lipinski definition) is 6. The van der Waals surface area contributed by atoms with Gasteiger partial charge in [0.2, 0.25) is 5.91 Å². The van der Waals surface area contributed by atoms with E-state index in [9.17, 15) is 14.4 Å². The Morgan fingerprint density at radius 1 is 1.32 bits per heavy atom. The van der Waals surface area contributed by atoms with Crippen LogP contribution < -0.4 is 10.6 Å². The molecular weight excluding hydrogens is 425 g/mol. The van der Waals surface area contributed by atoms with E-state index in [2.05, 4.69) is 15.6 Å². The molecule has 7 nitrogen and oxygen atoms in total. The number of thioether (sulfide) groups is 1. The highest BCUT2D eigenvalue weighted by molar-refractivity contribution is 8.00. The van der Waals surface area contributed by atoms with Gasteiger partial charge >= 0.3 is 5.97 Å². The van der Waals surface area contributed by atoms with Gasteiger partial charge in [-0.05, 0) is 38.1 Å². The van der Waals surface area contributed by atoms with E-state index in [1.165, 1.54) is 37.0 Å². The molecule has 146 valence electrons. The number of amides is 2. The zero-order chi connectivity index (χ0) is 20.4. The van der Waals surface area contributed by atoms with Crippen molar-refractivity contribution < 1.29 is 19.1 Å². The number of benzene rings is 1. The fourth-order valence-corrected chi connectivity index (χ4v) is 3.70. The predicted molar refractivity (Wildman–Crippen MR) is 108 cm³/mol. The molecule has 2 heterocycles. The summed E-state index contributed by atoms with van der Waals surface area (Å²) in [5, 5.41) is 5.51. The van der Waals surface area contributed by atoms with Gasteiger partial charge in [0.15, 0.2) is 11.9 Å². The lowest BCUT2D eigenvalue weighted by atomic mass is 10.2. The predicted octanol–water partition coefficient (Wildman–Crippen LogP) is 4.01. The molecule has 2 amide bonds. The van der Waals surface area contributed by atoms with Gasteiger partial charge in [-0.3, -0.25) is 9.59 Å². The van der Waals surface area contributed by atoms with E-state index in [0.717, 1.165) is 4.90 Å². The minimum atomic E-state index is -1.10. The number of ether oxygens (including phenoxy) is 1. The summed E-state index contributed by atoms with van der Waals surface area (Å²) in [6, 6.07) is 6.27. The second-order valence-corrected chi connectivity index (χ2v) is 8.21. The molecule has 1 aliphatic heterocycles. The molecule has 0 radical (unpaired) electrons. The van der Waals surface area contributed by atoms with Crippen LogP contribution in [0.2, 0.25) is 10.0 Å². The monoisotopic (exact) mass is 439 g/mol. The van der Waals surface area contributed by atoms with E-state index in [1.54, 1.807) is 19.1 Å². The van der Waals surface area contributed by atoms with Crippen molar-refractivity contribution in [2.24, 2.45) is 0 Å². The third-order valence-electron chi connectivity index (χ3n) is 3.85. The molecule has 1 aromatic carbocycles. The van der Waals surface area contributed by atoms with Gasteiger partial charge < -0.3 is 15.4 Å². The number of nitrogens with zero attached hydrogens (tertiary/aromatic N) is 1. The molecule has 0 bridgehead atoms. The highest BCUT2D eigenvalue weighted by Crippen LogP contribution is 2.36. The number of anilines is 2. The Bertz CT molecular complexity index is 970. The number of halogens is 2. The van der Waals surface area contributed by atoms with Crippen LogP contribution in [0.4, 0.5) is 11.5 Å². The molecule has 10 heteroatoms.